The van der Waals surface area contributed by atoms with E-state index in [0.717, 1.165) is 10.7 Å². The monoisotopic (exact) mass is 378 g/mol. The first kappa shape index (κ1) is 16.3. The summed E-state index contributed by atoms with van der Waals surface area (Å²) in [4.78, 5) is 11.0. The van der Waals surface area contributed by atoms with Crippen LogP contribution in [-0.2, 0) is 19.8 Å². The van der Waals surface area contributed by atoms with Crippen molar-refractivity contribution >= 4 is 21.9 Å². The average molecular weight is 379 g/mol. The van der Waals surface area contributed by atoms with Crippen LogP contribution in [0.5, 0.6) is 5.75 Å². The SMILES string of the molecule is Cn1nc(COc2ccccc2C(F)(F)F)c(Br)c1C(=O)O. The number of para-hydroxylation sites is 1. The Morgan fingerprint density at radius 2 is 2.05 bits per heavy atom. The fourth-order valence-corrected chi connectivity index (χ4v) is 2.47. The van der Waals surface area contributed by atoms with Crippen LogP contribution in [0.1, 0.15) is 21.7 Å². The van der Waals surface area contributed by atoms with Crippen LogP contribution in [0.3, 0.4) is 0 Å². The number of aromatic carboxylic acids is 1. The van der Waals surface area contributed by atoms with Crippen LogP contribution in [0.2, 0.25) is 0 Å². The van der Waals surface area contributed by atoms with Crippen molar-refractivity contribution < 1.29 is 27.8 Å². The predicted molar refractivity (Wildman–Crippen MR) is 73.6 cm³/mol. The standard InChI is InChI=1S/C13H10BrF3N2O3/c1-19-11(12(20)21)10(14)8(18-19)6-22-9-5-3-2-4-7(9)13(15,16)17/h2-5H,6H2,1H3,(H,20,21). The van der Waals surface area contributed by atoms with E-state index in [2.05, 4.69) is 21.0 Å². The number of aryl methyl sites for hydroxylation is 1. The molecule has 0 fully saturated rings. The molecule has 0 aliphatic rings. The number of carboxylic acid groups (broad SMARTS) is 1. The number of halogens is 4. The van der Waals surface area contributed by atoms with Gasteiger partial charge in [0, 0.05) is 7.05 Å². The van der Waals surface area contributed by atoms with E-state index in [9.17, 15) is 18.0 Å². The van der Waals surface area contributed by atoms with Crippen molar-refractivity contribution in [2.75, 3.05) is 0 Å². The Labute approximate surface area is 131 Å². The van der Waals surface area contributed by atoms with Gasteiger partial charge in [-0.2, -0.15) is 18.3 Å². The van der Waals surface area contributed by atoms with Crippen LogP contribution >= 0.6 is 15.9 Å². The van der Waals surface area contributed by atoms with E-state index in [-0.39, 0.29) is 28.2 Å². The number of rotatable bonds is 4. The van der Waals surface area contributed by atoms with Crippen LogP contribution in [-0.4, -0.2) is 20.9 Å². The lowest BCUT2D eigenvalue weighted by Gasteiger charge is -2.13. The molecule has 0 amide bonds. The van der Waals surface area contributed by atoms with Gasteiger partial charge in [-0.1, -0.05) is 12.1 Å². The minimum Gasteiger partial charge on any atom is -0.487 e. The molecule has 2 aromatic rings. The lowest BCUT2D eigenvalue weighted by atomic mass is 10.2. The quantitative estimate of drug-likeness (QED) is 0.884. The number of alkyl halides is 3. The molecule has 22 heavy (non-hydrogen) atoms. The van der Waals surface area contributed by atoms with Gasteiger partial charge >= 0.3 is 12.1 Å². The highest BCUT2D eigenvalue weighted by Crippen LogP contribution is 2.36. The highest BCUT2D eigenvalue weighted by Gasteiger charge is 2.34. The van der Waals surface area contributed by atoms with Crippen LogP contribution < -0.4 is 4.74 Å². The predicted octanol–water partition coefficient (Wildman–Crippen LogP) is 3.48. The van der Waals surface area contributed by atoms with Gasteiger partial charge in [0.05, 0.1) is 10.0 Å². The molecule has 0 aliphatic carbocycles. The van der Waals surface area contributed by atoms with Gasteiger partial charge < -0.3 is 9.84 Å². The fourth-order valence-electron chi connectivity index (χ4n) is 1.85. The number of ether oxygens (including phenoxy) is 1. The Balaban J connectivity index is 2.25. The van der Waals surface area contributed by atoms with Gasteiger partial charge in [0.25, 0.3) is 0 Å². The van der Waals surface area contributed by atoms with Crippen LogP contribution in [0.4, 0.5) is 13.2 Å². The zero-order valence-electron chi connectivity index (χ0n) is 11.2. The molecule has 0 aliphatic heterocycles. The molecule has 0 unspecified atom stereocenters. The maximum Gasteiger partial charge on any atom is 0.419 e. The molecule has 0 atom stereocenters. The first-order valence-corrected chi connectivity index (χ1v) is 6.74. The lowest BCUT2D eigenvalue weighted by molar-refractivity contribution is -0.139. The fraction of sp³-hybridized carbons (Fsp3) is 0.231. The lowest BCUT2D eigenvalue weighted by Crippen LogP contribution is -2.09. The highest BCUT2D eigenvalue weighted by atomic mass is 79.9. The van der Waals surface area contributed by atoms with E-state index in [1.54, 1.807) is 0 Å². The summed E-state index contributed by atoms with van der Waals surface area (Å²) in [5.74, 6) is -1.55. The maximum absolute atomic E-state index is 12.8. The van der Waals surface area contributed by atoms with Crippen molar-refractivity contribution in [2.24, 2.45) is 7.05 Å². The summed E-state index contributed by atoms with van der Waals surface area (Å²) in [5, 5.41) is 12.9. The number of nitrogens with zero attached hydrogens (tertiary/aromatic N) is 2. The Morgan fingerprint density at radius 1 is 1.41 bits per heavy atom. The summed E-state index contributed by atoms with van der Waals surface area (Å²) in [5.41, 5.74) is -0.819. The largest absolute Gasteiger partial charge is 0.487 e. The van der Waals surface area contributed by atoms with Crippen molar-refractivity contribution in [1.82, 2.24) is 9.78 Å². The number of carboxylic acids is 1. The smallest absolute Gasteiger partial charge is 0.419 e. The molecular weight excluding hydrogens is 369 g/mol. The summed E-state index contributed by atoms with van der Waals surface area (Å²) in [6.07, 6.45) is -4.54. The number of carbonyl (C=O) groups is 1. The van der Waals surface area contributed by atoms with E-state index in [0.29, 0.717) is 0 Å². The maximum atomic E-state index is 12.8. The van der Waals surface area contributed by atoms with E-state index < -0.39 is 17.7 Å². The molecule has 0 saturated heterocycles. The molecule has 1 aromatic carbocycles. The summed E-state index contributed by atoms with van der Waals surface area (Å²) in [7, 11) is 1.42. The second kappa shape index (κ2) is 5.99. The van der Waals surface area contributed by atoms with E-state index in [1.807, 2.05) is 0 Å². The van der Waals surface area contributed by atoms with Gasteiger partial charge in [0.15, 0.2) is 5.69 Å². The van der Waals surface area contributed by atoms with Crippen molar-refractivity contribution in [2.45, 2.75) is 12.8 Å². The summed E-state index contributed by atoms with van der Waals surface area (Å²) >= 11 is 3.07. The van der Waals surface area contributed by atoms with Crippen LogP contribution in [0, 0.1) is 0 Å². The van der Waals surface area contributed by atoms with Crippen molar-refractivity contribution in [3.63, 3.8) is 0 Å². The van der Waals surface area contributed by atoms with Gasteiger partial charge in [0.2, 0.25) is 0 Å². The topological polar surface area (TPSA) is 64.4 Å². The van der Waals surface area contributed by atoms with Gasteiger partial charge in [-0.15, -0.1) is 0 Å². The highest BCUT2D eigenvalue weighted by molar-refractivity contribution is 9.10. The molecule has 1 N–H and O–H groups in total. The zero-order chi connectivity index (χ0) is 16.5. The zero-order valence-corrected chi connectivity index (χ0v) is 12.8. The number of hydrogen-bond acceptors (Lipinski definition) is 3. The van der Waals surface area contributed by atoms with Crippen LogP contribution in [0.25, 0.3) is 0 Å². The third-order valence-corrected chi connectivity index (χ3v) is 3.65. The molecule has 0 spiro atoms. The van der Waals surface area contributed by atoms with Crippen molar-refractivity contribution in [3.8, 4) is 5.75 Å². The first-order valence-electron chi connectivity index (χ1n) is 5.95. The minimum absolute atomic E-state index is 0.109. The van der Waals surface area contributed by atoms with Crippen LogP contribution in [0.15, 0.2) is 28.7 Å². The third-order valence-electron chi connectivity index (χ3n) is 2.82. The molecular formula is C13H10BrF3N2O3. The van der Waals surface area contributed by atoms with Crippen molar-refractivity contribution in [1.29, 1.82) is 0 Å². The third kappa shape index (κ3) is 3.24. The molecule has 0 saturated carbocycles. The van der Waals surface area contributed by atoms with Gasteiger partial charge in [-0.25, -0.2) is 4.79 Å². The molecule has 1 aromatic heterocycles. The number of aromatic nitrogens is 2. The molecule has 2 rings (SSSR count). The first-order chi connectivity index (χ1) is 10.2. The molecule has 5 nitrogen and oxygen atoms in total. The minimum atomic E-state index is -4.54. The van der Waals surface area contributed by atoms with Gasteiger partial charge in [0.1, 0.15) is 18.1 Å². The second-order valence-corrected chi connectivity index (χ2v) is 5.11. The summed E-state index contributed by atoms with van der Waals surface area (Å²) in [6.45, 7) is -0.297. The summed E-state index contributed by atoms with van der Waals surface area (Å²) in [6, 6.07) is 4.78. The molecule has 0 bridgehead atoms. The molecule has 0 radical (unpaired) electrons. The van der Waals surface area contributed by atoms with E-state index >= 15 is 0 Å². The Hall–Kier alpha value is -2.03. The number of benzene rings is 1. The van der Waals surface area contributed by atoms with Gasteiger partial charge in [-0.05, 0) is 28.1 Å². The molecule has 1 heterocycles. The molecule has 118 valence electrons. The molecule has 9 heteroatoms. The van der Waals surface area contributed by atoms with Gasteiger partial charge in [-0.3, -0.25) is 4.68 Å². The Bertz CT molecular complexity index is 713. The summed E-state index contributed by atoms with van der Waals surface area (Å²) < 4.78 is 45.0. The van der Waals surface area contributed by atoms with E-state index in [1.165, 1.54) is 25.2 Å². The normalized spacial score (nSPS) is 11.5. The Kier molecular flexibility index (Phi) is 4.45. The second-order valence-electron chi connectivity index (χ2n) is 4.32. The van der Waals surface area contributed by atoms with Crippen molar-refractivity contribution in [3.05, 3.63) is 45.7 Å². The average Bonchev–Trinajstić information content (AvgIpc) is 2.70. The number of hydrogen-bond donors (Lipinski definition) is 1. The Morgan fingerprint density at radius 3 is 2.59 bits per heavy atom. The van der Waals surface area contributed by atoms with E-state index in [4.69, 9.17) is 9.84 Å².